The van der Waals surface area contributed by atoms with E-state index in [1.165, 1.54) is 4.52 Å². The van der Waals surface area contributed by atoms with Gasteiger partial charge in [0, 0.05) is 6.26 Å². The van der Waals surface area contributed by atoms with E-state index < -0.39 is 15.0 Å². The normalized spacial score (nSPS) is 11.8. The maximum absolute atomic E-state index is 11.6. The summed E-state index contributed by atoms with van der Waals surface area (Å²) in [6, 6.07) is 5.54. The van der Waals surface area contributed by atoms with Crippen LogP contribution in [0.1, 0.15) is 5.56 Å². The number of fused-ring (bicyclic) bond motifs is 1. The third kappa shape index (κ3) is 2.68. The number of nitrogens with two attached hydrogens (primary N) is 1. The Hall–Kier alpha value is -2.75. The molecule has 0 saturated carbocycles. The number of rotatable bonds is 3. The van der Waals surface area contributed by atoms with Crippen LogP contribution in [-0.2, 0) is 9.84 Å². The summed E-state index contributed by atoms with van der Waals surface area (Å²) < 4.78 is 29.7. The third-order valence-corrected chi connectivity index (χ3v) is 3.99. The lowest BCUT2D eigenvalue weighted by Gasteiger charge is -2.05. The third-order valence-electron chi connectivity index (χ3n) is 3.14. The molecule has 9 nitrogen and oxygen atoms in total. The zero-order chi connectivity index (χ0) is 16.8. The highest BCUT2D eigenvalue weighted by molar-refractivity contribution is 7.90. The van der Waals surface area contributed by atoms with Crippen molar-refractivity contribution in [2.45, 2.75) is 12.1 Å². The van der Waals surface area contributed by atoms with Crippen molar-refractivity contribution in [1.82, 2.24) is 24.6 Å². The van der Waals surface area contributed by atoms with Gasteiger partial charge in [0.2, 0.25) is 15.8 Å². The minimum Gasteiger partial charge on any atom is -0.496 e. The smallest absolute Gasteiger partial charge is 0.258 e. The molecular formula is C13H14N6O3S. The van der Waals surface area contributed by atoms with E-state index in [9.17, 15) is 8.42 Å². The van der Waals surface area contributed by atoms with E-state index in [4.69, 9.17) is 10.5 Å². The molecule has 2 heterocycles. The van der Waals surface area contributed by atoms with E-state index in [0.29, 0.717) is 17.1 Å². The van der Waals surface area contributed by atoms with Gasteiger partial charge in [-0.05, 0) is 24.6 Å². The van der Waals surface area contributed by atoms with Crippen LogP contribution in [0, 0.1) is 6.92 Å². The van der Waals surface area contributed by atoms with Crippen molar-refractivity contribution < 1.29 is 13.2 Å². The van der Waals surface area contributed by atoms with Crippen LogP contribution >= 0.6 is 0 Å². The van der Waals surface area contributed by atoms with Gasteiger partial charge in [0.05, 0.1) is 12.7 Å². The maximum Gasteiger partial charge on any atom is 0.258 e. The first-order valence-electron chi connectivity index (χ1n) is 6.55. The zero-order valence-electron chi connectivity index (χ0n) is 12.7. The van der Waals surface area contributed by atoms with E-state index in [-0.39, 0.29) is 11.7 Å². The molecule has 0 unspecified atom stereocenters. The molecule has 0 fully saturated rings. The summed E-state index contributed by atoms with van der Waals surface area (Å²) in [6.45, 7) is 1.94. The second-order valence-electron chi connectivity index (χ2n) is 4.99. The lowest BCUT2D eigenvalue weighted by molar-refractivity contribution is 0.416. The first kappa shape index (κ1) is 15.2. The number of aromatic nitrogens is 5. The van der Waals surface area contributed by atoms with Gasteiger partial charge in [-0.3, -0.25) is 0 Å². The van der Waals surface area contributed by atoms with Gasteiger partial charge in [-0.2, -0.15) is 19.5 Å². The van der Waals surface area contributed by atoms with Gasteiger partial charge in [-0.15, -0.1) is 5.10 Å². The first-order chi connectivity index (χ1) is 10.8. The highest BCUT2D eigenvalue weighted by Crippen LogP contribution is 2.28. The number of hydrogen-bond donors (Lipinski definition) is 1. The molecule has 0 aliphatic heterocycles. The van der Waals surface area contributed by atoms with Crippen LogP contribution < -0.4 is 10.5 Å². The Bertz CT molecular complexity index is 1010. The monoisotopic (exact) mass is 334 g/mol. The van der Waals surface area contributed by atoms with Crippen molar-refractivity contribution in [2.75, 3.05) is 19.1 Å². The van der Waals surface area contributed by atoms with Crippen LogP contribution in [0.5, 0.6) is 5.75 Å². The summed E-state index contributed by atoms with van der Waals surface area (Å²) in [5, 5.41) is 3.83. The minimum atomic E-state index is -3.60. The van der Waals surface area contributed by atoms with Crippen LogP contribution in [0.4, 0.5) is 5.95 Å². The first-order valence-corrected chi connectivity index (χ1v) is 8.44. The molecule has 3 aromatic rings. The molecule has 0 aliphatic rings. The van der Waals surface area contributed by atoms with E-state index in [0.717, 1.165) is 11.8 Å². The fourth-order valence-electron chi connectivity index (χ4n) is 2.05. The van der Waals surface area contributed by atoms with E-state index in [2.05, 4.69) is 20.1 Å². The van der Waals surface area contributed by atoms with Crippen molar-refractivity contribution in [3.63, 3.8) is 0 Å². The molecule has 0 bridgehead atoms. The molecule has 2 N–H and O–H groups in total. The van der Waals surface area contributed by atoms with E-state index in [1.807, 2.05) is 25.1 Å². The maximum atomic E-state index is 11.6. The predicted molar refractivity (Wildman–Crippen MR) is 82.8 cm³/mol. The molecular weight excluding hydrogens is 320 g/mol. The van der Waals surface area contributed by atoms with Gasteiger partial charge in [-0.1, -0.05) is 6.07 Å². The molecule has 3 rings (SSSR count). The quantitative estimate of drug-likeness (QED) is 0.733. The summed E-state index contributed by atoms with van der Waals surface area (Å²) in [4.78, 5) is 11.9. The van der Waals surface area contributed by atoms with E-state index in [1.54, 1.807) is 7.11 Å². The molecule has 0 amide bonds. The molecule has 0 spiro atoms. The van der Waals surface area contributed by atoms with Gasteiger partial charge in [-0.25, -0.2) is 8.42 Å². The summed E-state index contributed by atoms with van der Waals surface area (Å²) in [6.07, 6.45) is 0.999. The molecule has 1 aromatic carbocycles. The van der Waals surface area contributed by atoms with Crippen LogP contribution in [0.25, 0.3) is 17.2 Å². The molecule has 0 atom stereocenters. The number of methoxy groups -OCH3 is 1. The summed E-state index contributed by atoms with van der Waals surface area (Å²) in [5.41, 5.74) is 7.42. The topological polar surface area (TPSA) is 125 Å². The SMILES string of the molecule is COc1cc(C)ccc1-c1nc2nc(S(C)(=O)=O)nc(N)n2n1. The Morgan fingerprint density at radius 2 is 1.96 bits per heavy atom. The molecule has 0 radical (unpaired) electrons. The standard InChI is InChI=1S/C13H14N6O3S/c1-7-4-5-8(9(6-7)22-2)10-15-12-17-13(23(3,20)21)16-11(14)19(12)18-10/h4-6H,1-3H3,(H2,14,15,16,17,18). The van der Waals surface area contributed by atoms with Gasteiger partial charge in [0.25, 0.3) is 10.9 Å². The number of hydrogen-bond acceptors (Lipinski definition) is 8. The average molecular weight is 334 g/mol. The largest absolute Gasteiger partial charge is 0.496 e. The Morgan fingerprint density at radius 1 is 1.22 bits per heavy atom. The van der Waals surface area contributed by atoms with Crippen LogP contribution in [-0.4, -0.2) is 46.3 Å². The molecule has 2 aromatic heterocycles. The Labute approximate surface area is 132 Å². The predicted octanol–water partition coefficient (Wildman–Crippen LogP) is 0.489. The van der Waals surface area contributed by atoms with E-state index >= 15 is 0 Å². The summed E-state index contributed by atoms with van der Waals surface area (Å²) in [7, 11) is -2.05. The number of aryl methyl sites for hydroxylation is 1. The fraction of sp³-hybridized carbons (Fsp3) is 0.231. The number of sulfone groups is 1. The van der Waals surface area contributed by atoms with Gasteiger partial charge >= 0.3 is 0 Å². The molecule has 23 heavy (non-hydrogen) atoms. The Kier molecular flexibility index (Phi) is 3.40. The number of nitrogens with zero attached hydrogens (tertiary/aromatic N) is 5. The van der Waals surface area contributed by atoms with Gasteiger partial charge < -0.3 is 10.5 Å². The van der Waals surface area contributed by atoms with Crippen molar-refractivity contribution in [1.29, 1.82) is 0 Å². The van der Waals surface area contributed by atoms with Crippen molar-refractivity contribution >= 4 is 21.6 Å². The lowest BCUT2D eigenvalue weighted by atomic mass is 10.1. The number of benzene rings is 1. The average Bonchev–Trinajstić information content (AvgIpc) is 2.90. The van der Waals surface area contributed by atoms with Crippen LogP contribution in [0.15, 0.2) is 23.4 Å². The van der Waals surface area contributed by atoms with Gasteiger partial charge in [0.15, 0.2) is 5.82 Å². The fourth-order valence-corrected chi connectivity index (χ4v) is 2.56. The number of anilines is 1. The highest BCUT2D eigenvalue weighted by Gasteiger charge is 2.19. The number of ether oxygens (including phenoxy) is 1. The summed E-state index contributed by atoms with van der Waals surface area (Å²) >= 11 is 0. The lowest BCUT2D eigenvalue weighted by Crippen LogP contribution is -2.11. The Morgan fingerprint density at radius 3 is 2.61 bits per heavy atom. The van der Waals surface area contributed by atoms with Crippen LogP contribution in [0.3, 0.4) is 0 Å². The number of nitrogen functional groups attached to an aromatic ring is 1. The molecule has 120 valence electrons. The molecule has 10 heteroatoms. The summed E-state index contributed by atoms with van der Waals surface area (Å²) in [5.74, 6) is 0.847. The molecule has 0 aliphatic carbocycles. The second-order valence-corrected chi connectivity index (χ2v) is 6.90. The van der Waals surface area contributed by atoms with Crippen LogP contribution in [0.2, 0.25) is 0 Å². The van der Waals surface area contributed by atoms with Crippen molar-refractivity contribution in [3.8, 4) is 17.1 Å². The van der Waals surface area contributed by atoms with Crippen molar-refractivity contribution in [2.24, 2.45) is 0 Å². The highest BCUT2D eigenvalue weighted by atomic mass is 32.2. The second kappa shape index (κ2) is 5.16. The Balaban J connectivity index is 2.23. The molecule has 0 saturated heterocycles. The van der Waals surface area contributed by atoms with Gasteiger partial charge in [0.1, 0.15) is 5.75 Å². The zero-order valence-corrected chi connectivity index (χ0v) is 13.5. The minimum absolute atomic E-state index is 0.0514. The van der Waals surface area contributed by atoms with Crippen molar-refractivity contribution in [3.05, 3.63) is 23.8 Å².